The maximum absolute atomic E-state index is 13.0. The smallest absolute Gasteiger partial charge is 0.248 e. The average Bonchev–Trinajstić information content (AvgIpc) is 3.39. The molecule has 1 amide bonds. The number of nitrogens with zero attached hydrogens (tertiary/aromatic N) is 3. The van der Waals surface area contributed by atoms with Gasteiger partial charge in [0.05, 0.1) is 6.54 Å². The van der Waals surface area contributed by atoms with Gasteiger partial charge in [-0.15, -0.1) is 12.4 Å². The second kappa shape index (κ2) is 8.37. The minimum Gasteiger partial charge on any atom is -0.359 e. The highest BCUT2D eigenvalue weighted by molar-refractivity contribution is 5.85. The van der Waals surface area contributed by atoms with Crippen LogP contribution in [0.25, 0.3) is 11.3 Å². The van der Waals surface area contributed by atoms with Crippen molar-refractivity contribution < 1.29 is 9.32 Å². The Bertz CT molecular complexity index is 857. The van der Waals surface area contributed by atoms with Gasteiger partial charge in [0, 0.05) is 24.0 Å². The van der Waals surface area contributed by atoms with Gasteiger partial charge in [-0.1, -0.05) is 35.5 Å². The highest BCUT2D eigenvalue weighted by Crippen LogP contribution is 2.27. The second-order valence-electron chi connectivity index (χ2n) is 6.46. The van der Waals surface area contributed by atoms with E-state index in [2.05, 4.69) is 20.9 Å². The molecule has 7 nitrogen and oxygen atoms in total. The number of benzene rings is 1. The van der Waals surface area contributed by atoms with Gasteiger partial charge in [-0.25, -0.2) is 0 Å². The lowest BCUT2D eigenvalue weighted by Crippen LogP contribution is -2.54. The van der Waals surface area contributed by atoms with E-state index in [0.717, 1.165) is 24.3 Å². The number of hydrogen-bond acceptors (Lipinski definition) is 5. The second-order valence-corrected chi connectivity index (χ2v) is 6.46. The van der Waals surface area contributed by atoms with Crippen molar-refractivity contribution in [1.82, 2.24) is 25.6 Å². The molecule has 0 bridgehead atoms. The molecule has 1 fully saturated rings. The molecule has 27 heavy (non-hydrogen) atoms. The molecule has 0 spiro atoms. The third kappa shape index (κ3) is 3.89. The fourth-order valence-electron chi connectivity index (χ4n) is 3.40. The lowest BCUT2D eigenvalue weighted by atomic mass is 9.87. The maximum atomic E-state index is 13.0. The van der Waals surface area contributed by atoms with Gasteiger partial charge >= 0.3 is 0 Å². The molecule has 1 aliphatic heterocycles. The Hall–Kier alpha value is -2.64. The topological polar surface area (TPSA) is 85.0 Å². The summed E-state index contributed by atoms with van der Waals surface area (Å²) in [5, 5.41) is 14.7. The Kier molecular flexibility index (Phi) is 5.93. The van der Waals surface area contributed by atoms with E-state index in [4.69, 9.17) is 4.52 Å². The number of hydrogen-bond donors (Lipinski definition) is 2. The van der Waals surface area contributed by atoms with Gasteiger partial charge < -0.3 is 15.2 Å². The normalized spacial score (nSPS) is 15.7. The molecule has 0 atom stereocenters. The first-order valence-corrected chi connectivity index (χ1v) is 8.78. The van der Waals surface area contributed by atoms with E-state index in [1.54, 1.807) is 10.9 Å². The predicted molar refractivity (Wildman–Crippen MR) is 103 cm³/mol. The van der Waals surface area contributed by atoms with Crippen LogP contribution < -0.4 is 10.6 Å². The molecular weight excluding hydrogens is 366 g/mol. The van der Waals surface area contributed by atoms with Crippen molar-refractivity contribution in [3.05, 3.63) is 60.6 Å². The molecule has 0 aliphatic carbocycles. The van der Waals surface area contributed by atoms with Crippen molar-refractivity contribution in [3.63, 3.8) is 0 Å². The van der Waals surface area contributed by atoms with Gasteiger partial charge in [-0.2, -0.15) is 5.10 Å². The van der Waals surface area contributed by atoms with Crippen molar-refractivity contribution in [2.45, 2.75) is 24.9 Å². The molecule has 2 N–H and O–H groups in total. The van der Waals surface area contributed by atoms with E-state index < -0.39 is 5.54 Å². The molecule has 1 saturated heterocycles. The number of nitrogens with one attached hydrogen (secondary N) is 2. The zero-order valence-electron chi connectivity index (χ0n) is 14.8. The van der Waals surface area contributed by atoms with Gasteiger partial charge in [0.1, 0.15) is 11.2 Å². The highest BCUT2D eigenvalue weighted by atomic mass is 35.5. The third-order valence-corrected chi connectivity index (χ3v) is 4.85. The van der Waals surface area contributed by atoms with Gasteiger partial charge in [0.2, 0.25) is 5.91 Å². The van der Waals surface area contributed by atoms with E-state index in [1.807, 2.05) is 48.7 Å². The molecule has 2 aromatic heterocycles. The van der Waals surface area contributed by atoms with Crippen molar-refractivity contribution >= 4 is 18.3 Å². The molecule has 142 valence electrons. The fraction of sp³-hybridized carbons (Fsp3) is 0.316. The molecule has 3 heterocycles. The van der Waals surface area contributed by atoms with Crippen LogP contribution in [0.15, 0.2) is 59.4 Å². The quantitative estimate of drug-likeness (QED) is 0.702. The standard InChI is InChI=1S/C19H21N5O2.ClH/c25-18(19(7-10-20-11-8-19)24-12-4-9-22-24)21-14-16-13-17(23-26-16)15-5-2-1-3-6-15;/h1-6,9,12-13,20H,7-8,10-11,14H2,(H,21,25);1H. The van der Waals surface area contributed by atoms with E-state index >= 15 is 0 Å². The zero-order valence-corrected chi connectivity index (χ0v) is 15.6. The molecule has 0 unspecified atom stereocenters. The minimum atomic E-state index is -0.656. The molecule has 3 aromatic rings. The van der Waals surface area contributed by atoms with Crippen LogP contribution in [0.1, 0.15) is 18.6 Å². The molecule has 8 heteroatoms. The largest absolute Gasteiger partial charge is 0.359 e. The van der Waals surface area contributed by atoms with Crippen molar-refractivity contribution in [3.8, 4) is 11.3 Å². The number of amides is 1. The molecule has 1 aromatic carbocycles. The molecule has 1 aliphatic rings. The summed E-state index contributed by atoms with van der Waals surface area (Å²) < 4.78 is 7.16. The van der Waals surface area contributed by atoms with Crippen LogP contribution >= 0.6 is 12.4 Å². The van der Waals surface area contributed by atoms with Crippen LogP contribution in [0.5, 0.6) is 0 Å². The Morgan fingerprint density at radius 1 is 1.22 bits per heavy atom. The van der Waals surface area contributed by atoms with Gasteiger partial charge in [0.15, 0.2) is 5.76 Å². The summed E-state index contributed by atoms with van der Waals surface area (Å²) in [5.41, 5.74) is 1.09. The Morgan fingerprint density at radius 2 is 2.00 bits per heavy atom. The Morgan fingerprint density at radius 3 is 2.70 bits per heavy atom. The number of carbonyl (C=O) groups excluding carboxylic acids is 1. The van der Waals surface area contributed by atoms with Gasteiger partial charge in [0.25, 0.3) is 0 Å². The van der Waals surface area contributed by atoms with Crippen LogP contribution in [-0.4, -0.2) is 33.9 Å². The number of piperidine rings is 1. The summed E-state index contributed by atoms with van der Waals surface area (Å²) >= 11 is 0. The minimum absolute atomic E-state index is 0. The molecule has 4 rings (SSSR count). The number of halogens is 1. The number of carbonyl (C=O) groups is 1. The van der Waals surface area contributed by atoms with Crippen molar-refractivity contribution in [1.29, 1.82) is 0 Å². The van der Waals surface area contributed by atoms with E-state index in [0.29, 0.717) is 25.1 Å². The first-order chi connectivity index (χ1) is 12.8. The van der Waals surface area contributed by atoms with Gasteiger partial charge in [-0.05, 0) is 32.0 Å². The van der Waals surface area contributed by atoms with Gasteiger partial charge in [-0.3, -0.25) is 9.48 Å². The lowest BCUT2D eigenvalue weighted by molar-refractivity contribution is -0.132. The van der Waals surface area contributed by atoms with E-state index in [-0.39, 0.29) is 18.3 Å². The zero-order chi connectivity index (χ0) is 17.8. The summed E-state index contributed by atoms with van der Waals surface area (Å²) in [7, 11) is 0. The SMILES string of the molecule is Cl.O=C(NCc1cc(-c2ccccc2)no1)C1(n2cccn2)CCNCC1. The molecule has 0 radical (unpaired) electrons. The summed E-state index contributed by atoms with van der Waals surface area (Å²) in [6.07, 6.45) is 4.96. The van der Waals surface area contributed by atoms with Crippen LogP contribution in [0.2, 0.25) is 0 Å². The van der Waals surface area contributed by atoms with Crippen LogP contribution in [0, 0.1) is 0 Å². The summed E-state index contributed by atoms with van der Waals surface area (Å²) in [6.45, 7) is 1.87. The lowest BCUT2D eigenvalue weighted by Gasteiger charge is -2.36. The van der Waals surface area contributed by atoms with Crippen LogP contribution in [0.4, 0.5) is 0 Å². The van der Waals surface area contributed by atoms with E-state index in [9.17, 15) is 4.79 Å². The van der Waals surface area contributed by atoms with Crippen LogP contribution in [0.3, 0.4) is 0 Å². The predicted octanol–water partition coefficient (Wildman–Crippen LogP) is 2.36. The average molecular weight is 388 g/mol. The maximum Gasteiger partial charge on any atom is 0.248 e. The summed E-state index contributed by atoms with van der Waals surface area (Å²) in [5.74, 6) is 0.585. The Balaban J connectivity index is 0.00000210. The van der Waals surface area contributed by atoms with E-state index in [1.165, 1.54) is 0 Å². The molecule has 0 saturated carbocycles. The number of rotatable bonds is 5. The van der Waals surface area contributed by atoms with Crippen LogP contribution in [-0.2, 0) is 16.9 Å². The summed E-state index contributed by atoms with van der Waals surface area (Å²) in [4.78, 5) is 13.0. The first kappa shape index (κ1) is 19.1. The first-order valence-electron chi connectivity index (χ1n) is 8.78. The number of aromatic nitrogens is 3. The fourth-order valence-corrected chi connectivity index (χ4v) is 3.40. The van der Waals surface area contributed by atoms with Crippen molar-refractivity contribution in [2.75, 3.05) is 13.1 Å². The molecular formula is C19H22ClN5O2. The summed E-state index contributed by atoms with van der Waals surface area (Å²) in [6, 6.07) is 13.5. The highest BCUT2D eigenvalue weighted by Gasteiger charge is 2.41. The monoisotopic (exact) mass is 387 g/mol. The third-order valence-electron chi connectivity index (χ3n) is 4.85. The Labute approximate surface area is 163 Å². The van der Waals surface area contributed by atoms with Crippen molar-refractivity contribution in [2.24, 2.45) is 0 Å².